The van der Waals surface area contributed by atoms with Gasteiger partial charge in [-0.25, -0.2) is 9.78 Å². The fraction of sp³-hybridized carbons (Fsp3) is 0.455. The number of nitrogens with zero attached hydrogens (tertiary/aromatic N) is 2. The zero-order valence-electron chi connectivity index (χ0n) is 9.43. The Morgan fingerprint density at radius 1 is 1.47 bits per heavy atom. The molecule has 3 N–H and O–H groups in total. The molecule has 92 valence electrons. The van der Waals surface area contributed by atoms with Crippen molar-refractivity contribution in [2.24, 2.45) is 0 Å². The van der Waals surface area contributed by atoms with Crippen molar-refractivity contribution < 1.29 is 14.6 Å². The number of nitrogen functional groups attached to an aromatic ring is 1. The van der Waals surface area contributed by atoms with E-state index in [9.17, 15) is 4.79 Å². The highest BCUT2D eigenvalue weighted by Crippen LogP contribution is 2.24. The van der Waals surface area contributed by atoms with E-state index in [0.717, 1.165) is 19.6 Å². The van der Waals surface area contributed by atoms with E-state index < -0.39 is 5.97 Å². The van der Waals surface area contributed by atoms with Gasteiger partial charge in [-0.3, -0.25) is 0 Å². The zero-order valence-corrected chi connectivity index (χ0v) is 9.43. The first-order valence-electron chi connectivity index (χ1n) is 5.50. The van der Waals surface area contributed by atoms with E-state index in [1.807, 2.05) is 4.90 Å². The summed E-state index contributed by atoms with van der Waals surface area (Å²) in [4.78, 5) is 17.1. The molecule has 0 unspecified atom stereocenters. The summed E-state index contributed by atoms with van der Waals surface area (Å²) < 4.78 is 5.34. The molecule has 0 amide bonds. The Morgan fingerprint density at radius 2 is 2.29 bits per heavy atom. The van der Waals surface area contributed by atoms with Crippen molar-refractivity contribution in [3.63, 3.8) is 0 Å². The first-order valence-corrected chi connectivity index (χ1v) is 5.50. The van der Waals surface area contributed by atoms with Gasteiger partial charge in [-0.15, -0.1) is 0 Å². The van der Waals surface area contributed by atoms with Crippen LogP contribution in [0.1, 0.15) is 16.8 Å². The maximum absolute atomic E-state index is 11.0. The molecule has 1 fully saturated rings. The Balaban J connectivity index is 2.30. The Labute approximate surface area is 99.0 Å². The molecule has 0 saturated carbocycles. The predicted octanol–water partition coefficient (Wildman–Crippen LogP) is 0.589. The number of aromatic nitrogens is 1. The van der Waals surface area contributed by atoms with Crippen LogP contribution in [0.2, 0.25) is 0 Å². The topological polar surface area (TPSA) is 88.7 Å². The van der Waals surface area contributed by atoms with Crippen molar-refractivity contribution in [2.75, 3.05) is 36.9 Å². The van der Waals surface area contributed by atoms with Gasteiger partial charge >= 0.3 is 5.97 Å². The highest BCUT2D eigenvalue weighted by molar-refractivity contribution is 5.96. The van der Waals surface area contributed by atoms with Crippen LogP contribution in [0.4, 0.5) is 11.5 Å². The molecule has 2 heterocycles. The number of aromatic carboxylic acids is 1. The second kappa shape index (κ2) is 5.01. The number of carbonyl (C=O) groups is 1. The predicted molar refractivity (Wildman–Crippen MR) is 63.3 cm³/mol. The monoisotopic (exact) mass is 237 g/mol. The molecule has 6 heteroatoms. The molecule has 0 aliphatic carbocycles. The highest BCUT2D eigenvalue weighted by atomic mass is 16.5. The van der Waals surface area contributed by atoms with Crippen molar-refractivity contribution in [1.82, 2.24) is 4.98 Å². The van der Waals surface area contributed by atoms with Crippen LogP contribution in [-0.4, -0.2) is 42.4 Å². The molecular weight excluding hydrogens is 222 g/mol. The van der Waals surface area contributed by atoms with Crippen LogP contribution in [0.3, 0.4) is 0 Å². The average molecular weight is 237 g/mol. The molecule has 0 bridgehead atoms. The van der Waals surface area contributed by atoms with Gasteiger partial charge in [0.2, 0.25) is 0 Å². The minimum atomic E-state index is -1.03. The van der Waals surface area contributed by atoms with E-state index in [1.54, 1.807) is 0 Å². The Hall–Kier alpha value is -1.82. The SMILES string of the molecule is Nc1c(C(=O)O)ccnc1N1CCCOCC1. The molecule has 0 radical (unpaired) electrons. The lowest BCUT2D eigenvalue weighted by molar-refractivity contribution is 0.0698. The summed E-state index contributed by atoms with van der Waals surface area (Å²) in [5.41, 5.74) is 6.16. The Bertz CT molecular complexity index is 414. The zero-order chi connectivity index (χ0) is 12.3. The summed E-state index contributed by atoms with van der Waals surface area (Å²) in [5.74, 6) is -0.493. The van der Waals surface area contributed by atoms with Crippen LogP contribution < -0.4 is 10.6 Å². The van der Waals surface area contributed by atoms with Crippen molar-refractivity contribution >= 4 is 17.5 Å². The maximum atomic E-state index is 11.0. The van der Waals surface area contributed by atoms with Gasteiger partial charge in [-0.2, -0.15) is 0 Å². The number of ether oxygens (including phenoxy) is 1. The maximum Gasteiger partial charge on any atom is 0.337 e. The lowest BCUT2D eigenvalue weighted by Gasteiger charge is -2.22. The molecule has 1 aliphatic rings. The third-order valence-electron chi connectivity index (χ3n) is 2.72. The van der Waals surface area contributed by atoms with Gasteiger partial charge in [0.1, 0.15) is 0 Å². The molecule has 1 aliphatic heterocycles. The quantitative estimate of drug-likeness (QED) is 0.782. The van der Waals surface area contributed by atoms with Gasteiger partial charge < -0.3 is 20.5 Å². The van der Waals surface area contributed by atoms with Crippen LogP contribution in [-0.2, 0) is 4.74 Å². The number of hydrogen-bond acceptors (Lipinski definition) is 5. The van der Waals surface area contributed by atoms with Crippen LogP contribution in [0.5, 0.6) is 0 Å². The summed E-state index contributed by atoms with van der Waals surface area (Å²) in [6.45, 7) is 2.79. The van der Waals surface area contributed by atoms with Gasteiger partial charge in [0.05, 0.1) is 17.9 Å². The van der Waals surface area contributed by atoms with Crippen LogP contribution in [0.15, 0.2) is 12.3 Å². The molecule has 1 aromatic rings. The number of nitrogens with two attached hydrogens (primary N) is 1. The van der Waals surface area contributed by atoms with Gasteiger partial charge in [0, 0.05) is 25.9 Å². The molecule has 1 aromatic heterocycles. The van der Waals surface area contributed by atoms with Crippen LogP contribution in [0, 0.1) is 0 Å². The van der Waals surface area contributed by atoms with Crippen LogP contribution >= 0.6 is 0 Å². The fourth-order valence-corrected chi connectivity index (χ4v) is 1.86. The standard InChI is InChI=1S/C11H15N3O3/c12-9-8(11(15)16)2-3-13-10(9)14-4-1-6-17-7-5-14/h2-3H,1,4-7,12H2,(H,15,16). The van der Waals surface area contributed by atoms with E-state index in [-0.39, 0.29) is 11.3 Å². The second-order valence-electron chi connectivity index (χ2n) is 3.85. The van der Waals surface area contributed by atoms with E-state index in [4.69, 9.17) is 15.6 Å². The Kier molecular flexibility index (Phi) is 3.43. The third-order valence-corrected chi connectivity index (χ3v) is 2.72. The van der Waals surface area contributed by atoms with Gasteiger partial charge in [0.25, 0.3) is 0 Å². The molecule has 1 saturated heterocycles. The number of hydrogen-bond donors (Lipinski definition) is 2. The molecule has 0 atom stereocenters. The van der Waals surface area contributed by atoms with E-state index in [1.165, 1.54) is 12.3 Å². The van der Waals surface area contributed by atoms with E-state index >= 15 is 0 Å². The number of rotatable bonds is 2. The fourth-order valence-electron chi connectivity index (χ4n) is 1.86. The van der Waals surface area contributed by atoms with E-state index in [0.29, 0.717) is 19.0 Å². The summed E-state index contributed by atoms with van der Waals surface area (Å²) >= 11 is 0. The molecule has 6 nitrogen and oxygen atoms in total. The Morgan fingerprint density at radius 3 is 3.06 bits per heavy atom. The van der Waals surface area contributed by atoms with Crippen molar-refractivity contribution in [3.05, 3.63) is 17.8 Å². The summed E-state index contributed by atoms with van der Waals surface area (Å²) in [5, 5.41) is 8.99. The largest absolute Gasteiger partial charge is 0.478 e. The smallest absolute Gasteiger partial charge is 0.337 e. The summed E-state index contributed by atoms with van der Waals surface area (Å²) in [6, 6.07) is 1.41. The third kappa shape index (κ3) is 2.47. The number of anilines is 2. The number of carboxylic acids is 1. The van der Waals surface area contributed by atoms with Crippen molar-refractivity contribution in [1.29, 1.82) is 0 Å². The van der Waals surface area contributed by atoms with Gasteiger partial charge in [0.15, 0.2) is 5.82 Å². The minimum Gasteiger partial charge on any atom is -0.478 e. The molecule has 17 heavy (non-hydrogen) atoms. The van der Waals surface area contributed by atoms with Crippen molar-refractivity contribution in [3.8, 4) is 0 Å². The van der Waals surface area contributed by atoms with E-state index in [2.05, 4.69) is 4.98 Å². The lowest BCUT2D eigenvalue weighted by atomic mass is 10.2. The lowest BCUT2D eigenvalue weighted by Crippen LogP contribution is -2.28. The first kappa shape index (κ1) is 11.7. The van der Waals surface area contributed by atoms with Crippen molar-refractivity contribution in [2.45, 2.75) is 6.42 Å². The molecule has 2 rings (SSSR count). The first-order chi connectivity index (χ1) is 8.20. The highest BCUT2D eigenvalue weighted by Gasteiger charge is 2.18. The molecule has 0 aromatic carbocycles. The second-order valence-corrected chi connectivity index (χ2v) is 3.85. The van der Waals surface area contributed by atoms with Gasteiger partial charge in [-0.05, 0) is 12.5 Å². The number of carboxylic acid groups (broad SMARTS) is 1. The van der Waals surface area contributed by atoms with Crippen LogP contribution in [0.25, 0.3) is 0 Å². The molecular formula is C11H15N3O3. The minimum absolute atomic E-state index is 0.0974. The normalized spacial score (nSPS) is 16.6. The summed E-state index contributed by atoms with van der Waals surface area (Å²) in [6.07, 6.45) is 2.36. The average Bonchev–Trinajstić information content (AvgIpc) is 2.57. The van der Waals surface area contributed by atoms with Gasteiger partial charge in [-0.1, -0.05) is 0 Å². The summed E-state index contributed by atoms with van der Waals surface area (Å²) in [7, 11) is 0. The molecule has 0 spiro atoms. The number of pyridine rings is 1.